The molecule has 1 amide bonds. The standard InChI is InChI=1S/C14H15FN2O3/c1-9(7-8-16)12(14(19)20-2)17-13(18)10-5-3-4-6-11(10)15/h3-6,9,12H,7H2,1-2H3,(H,17,18)/t9-,12+/m1/s1. The second-order valence-electron chi connectivity index (χ2n) is 4.29. The number of esters is 1. The number of carbonyl (C=O) groups is 2. The van der Waals surface area contributed by atoms with Gasteiger partial charge in [-0.3, -0.25) is 4.79 Å². The maximum atomic E-state index is 13.5. The first kappa shape index (κ1) is 15.6. The quantitative estimate of drug-likeness (QED) is 0.830. The van der Waals surface area contributed by atoms with E-state index in [2.05, 4.69) is 10.1 Å². The minimum absolute atomic E-state index is 0.0668. The Hall–Kier alpha value is -2.42. The SMILES string of the molecule is COC(=O)[C@@H](NC(=O)c1ccccc1F)[C@H](C)CC#N. The van der Waals surface area contributed by atoms with Crippen LogP contribution in [0.5, 0.6) is 0 Å². The third-order valence-corrected chi connectivity index (χ3v) is 2.84. The molecule has 0 spiro atoms. The normalized spacial score (nSPS) is 12.9. The van der Waals surface area contributed by atoms with Gasteiger partial charge in [-0.05, 0) is 12.1 Å². The Morgan fingerprint density at radius 3 is 2.65 bits per heavy atom. The lowest BCUT2D eigenvalue weighted by atomic mass is 9.98. The summed E-state index contributed by atoms with van der Waals surface area (Å²) in [7, 11) is 1.18. The highest BCUT2D eigenvalue weighted by Gasteiger charge is 2.28. The Kier molecular flexibility index (Phi) is 5.66. The predicted molar refractivity (Wildman–Crippen MR) is 69.1 cm³/mol. The van der Waals surface area contributed by atoms with Crippen LogP contribution in [0.2, 0.25) is 0 Å². The fourth-order valence-corrected chi connectivity index (χ4v) is 1.69. The molecule has 0 heterocycles. The summed E-state index contributed by atoms with van der Waals surface area (Å²) in [6.45, 7) is 1.63. The van der Waals surface area contributed by atoms with Crippen LogP contribution in [-0.2, 0) is 9.53 Å². The molecule has 0 unspecified atom stereocenters. The molecular formula is C14H15FN2O3. The van der Waals surface area contributed by atoms with Crippen LogP contribution >= 0.6 is 0 Å². The van der Waals surface area contributed by atoms with Crippen molar-refractivity contribution in [2.75, 3.05) is 7.11 Å². The van der Waals surface area contributed by atoms with Crippen LogP contribution in [0.15, 0.2) is 24.3 Å². The molecule has 20 heavy (non-hydrogen) atoms. The van der Waals surface area contributed by atoms with Crippen LogP contribution in [0.3, 0.4) is 0 Å². The molecule has 1 aromatic carbocycles. The molecule has 1 aromatic rings. The summed E-state index contributed by atoms with van der Waals surface area (Å²) in [5.41, 5.74) is -0.162. The van der Waals surface area contributed by atoms with Gasteiger partial charge in [0, 0.05) is 12.3 Å². The lowest BCUT2D eigenvalue weighted by molar-refractivity contribution is -0.144. The van der Waals surface area contributed by atoms with Crippen molar-refractivity contribution in [1.82, 2.24) is 5.32 Å². The Labute approximate surface area is 116 Å². The van der Waals surface area contributed by atoms with Crippen LogP contribution in [-0.4, -0.2) is 25.0 Å². The van der Waals surface area contributed by atoms with Gasteiger partial charge in [0.15, 0.2) is 0 Å². The van der Waals surface area contributed by atoms with E-state index >= 15 is 0 Å². The smallest absolute Gasteiger partial charge is 0.328 e. The van der Waals surface area contributed by atoms with Crippen molar-refractivity contribution in [1.29, 1.82) is 5.26 Å². The fraction of sp³-hybridized carbons (Fsp3) is 0.357. The lowest BCUT2D eigenvalue weighted by Gasteiger charge is -2.21. The summed E-state index contributed by atoms with van der Waals surface area (Å²) in [5.74, 6) is -2.51. The number of hydrogen-bond acceptors (Lipinski definition) is 4. The number of nitrogens with zero attached hydrogens (tertiary/aromatic N) is 1. The van der Waals surface area contributed by atoms with E-state index in [0.29, 0.717) is 0 Å². The Morgan fingerprint density at radius 2 is 2.10 bits per heavy atom. The second kappa shape index (κ2) is 7.24. The van der Waals surface area contributed by atoms with Gasteiger partial charge in [-0.15, -0.1) is 0 Å². The van der Waals surface area contributed by atoms with E-state index in [4.69, 9.17) is 5.26 Å². The number of nitrogens with one attached hydrogen (secondary N) is 1. The first-order valence-electron chi connectivity index (χ1n) is 6.01. The van der Waals surface area contributed by atoms with E-state index in [0.717, 1.165) is 6.07 Å². The van der Waals surface area contributed by atoms with Gasteiger partial charge >= 0.3 is 5.97 Å². The van der Waals surface area contributed by atoms with E-state index < -0.39 is 29.7 Å². The Balaban J connectivity index is 2.90. The topological polar surface area (TPSA) is 79.2 Å². The van der Waals surface area contributed by atoms with Crippen molar-refractivity contribution in [3.63, 3.8) is 0 Å². The monoisotopic (exact) mass is 278 g/mol. The minimum Gasteiger partial charge on any atom is -0.467 e. The van der Waals surface area contributed by atoms with Crippen LogP contribution in [0, 0.1) is 23.1 Å². The summed E-state index contributed by atoms with van der Waals surface area (Å²) >= 11 is 0. The van der Waals surface area contributed by atoms with Crippen molar-refractivity contribution in [3.05, 3.63) is 35.6 Å². The Bertz CT molecular complexity index is 539. The van der Waals surface area contributed by atoms with Crippen molar-refractivity contribution in [3.8, 4) is 6.07 Å². The molecule has 0 aliphatic heterocycles. The average molecular weight is 278 g/mol. The molecule has 2 atom stereocenters. The number of benzene rings is 1. The zero-order valence-electron chi connectivity index (χ0n) is 11.2. The summed E-state index contributed by atoms with van der Waals surface area (Å²) < 4.78 is 18.1. The molecular weight excluding hydrogens is 263 g/mol. The molecule has 0 saturated heterocycles. The van der Waals surface area contributed by atoms with E-state index in [-0.39, 0.29) is 12.0 Å². The first-order valence-corrected chi connectivity index (χ1v) is 6.01. The highest BCUT2D eigenvalue weighted by atomic mass is 19.1. The van der Waals surface area contributed by atoms with Gasteiger partial charge < -0.3 is 10.1 Å². The van der Waals surface area contributed by atoms with Crippen LogP contribution < -0.4 is 5.32 Å². The van der Waals surface area contributed by atoms with Gasteiger partial charge in [0.25, 0.3) is 5.91 Å². The van der Waals surface area contributed by atoms with E-state index in [1.807, 2.05) is 6.07 Å². The second-order valence-corrected chi connectivity index (χ2v) is 4.29. The molecule has 0 bridgehead atoms. The van der Waals surface area contributed by atoms with Gasteiger partial charge in [0.1, 0.15) is 11.9 Å². The zero-order valence-corrected chi connectivity index (χ0v) is 11.2. The number of amides is 1. The molecule has 5 nitrogen and oxygen atoms in total. The largest absolute Gasteiger partial charge is 0.467 e. The third kappa shape index (κ3) is 3.79. The predicted octanol–water partition coefficient (Wildman–Crippen LogP) is 1.65. The Morgan fingerprint density at radius 1 is 1.45 bits per heavy atom. The zero-order chi connectivity index (χ0) is 15.1. The van der Waals surface area contributed by atoms with Crippen molar-refractivity contribution >= 4 is 11.9 Å². The van der Waals surface area contributed by atoms with Gasteiger partial charge in [-0.1, -0.05) is 19.1 Å². The molecule has 0 fully saturated rings. The van der Waals surface area contributed by atoms with Crippen molar-refractivity contribution < 1.29 is 18.7 Å². The lowest BCUT2D eigenvalue weighted by Crippen LogP contribution is -2.46. The number of nitriles is 1. The maximum Gasteiger partial charge on any atom is 0.328 e. The van der Waals surface area contributed by atoms with Crippen LogP contribution in [0.25, 0.3) is 0 Å². The van der Waals surface area contributed by atoms with Gasteiger partial charge in [0.05, 0.1) is 18.7 Å². The van der Waals surface area contributed by atoms with E-state index in [9.17, 15) is 14.0 Å². The highest BCUT2D eigenvalue weighted by molar-refractivity contribution is 5.97. The van der Waals surface area contributed by atoms with Gasteiger partial charge in [-0.25, -0.2) is 9.18 Å². The number of methoxy groups -OCH3 is 1. The molecule has 1 rings (SSSR count). The van der Waals surface area contributed by atoms with Crippen molar-refractivity contribution in [2.45, 2.75) is 19.4 Å². The number of halogens is 1. The molecule has 0 aliphatic carbocycles. The van der Waals surface area contributed by atoms with Crippen LogP contribution in [0.4, 0.5) is 4.39 Å². The number of carbonyl (C=O) groups excluding carboxylic acids is 2. The molecule has 0 aromatic heterocycles. The van der Waals surface area contributed by atoms with E-state index in [1.165, 1.54) is 25.3 Å². The average Bonchev–Trinajstić information content (AvgIpc) is 2.44. The molecule has 1 N–H and O–H groups in total. The summed E-state index contributed by atoms with van der Waals surface area (Å²) in [5, 5.41) is 11.1. The fourth-order valence-electron chi connectivity index (χ4n) is 1.69. The third-order valence-electron chi connectivity index (χ3n) is 2.84. The highest BCUT2D eigenvalue weighted by Crippen LogP contribution is 2.12. The minimum atomic E-state index is -0.994. The molecule has 0 saturated carbocycles. The van der Waals surface area contributed by atoms with Gasteiger partial charge in [-0.2, -0.15) is 5.26 Å². The number of ether oxygens (including phenoxy) is 1. The molecule has 0 radical (unpaired) electrons. The summed E-state index contributed by atoms with van der Waals surface area (Å²) in [6, 6.07) is 6.37. The molecule has 0 aliphatic rings. The molecule has 106 valence electrons. The summed E-state index contributed by atoms with van der Waals surface area (Å²) in [4.78, 5) is 23.6. The summed E-state index contributed by atoms with van der Waals surface area (Å²) in [6.07, 6.45) is 0.0668. The van der Waals surface area contributed by atoms with E-state index in [1.54, 1.807) is 6.92 Å². The molecule has 6 heteroatoms. The van der Waals surface area contributed by atoms with Crippen LogP contribution in [0.1, 0.15) is 23.7 Å². The number of hydrogen-bond donors (Lipinski definition) is 1. The first-order chi connectivity index (χ1) is 9.51. The van der Waals surface area contributed by atoms with Crippen molar-refractivity contribution in [2.24, 2.45) is 5.92 Å². The maximum absolute atomic E-state index is 13.5. The number of rotatable bonds is 5. The van der Waals surface area contributed by atoms with Gasteiger partial charge in [0.2, 0.25) is 0 Å².